The molecule has 2 saturated heterocycles. The van der Waals surface area contributed by atoms with Crippen molar-refractivity contribution in [3.63, 3.8) is 0 Å². The van der Waals surface area contributed by atoms with Gasteiger partial charge in [-0.3, -0.25) is 0 Å². The highest BCUT2D eigenvalue weighted by Crippen LogP contribution is 2.35. The van der Waals surface area contributed by atoms with Crippen LogP contribution in [-0.2, 0) is 6.42 Å². The maximum absolute atomic E-state index is 6.24. The standard InChI is InChI=1S/C19H28ClNS/c1-3-15-4-5-17(20)14-19(15)16-6-10-21(11-7-16)18-8-12-22(2)13-9-18/h4-5,14,16,18H,2-3,6-13H2,1H3. The van der Waals surface area contributed by atoms with Gasteiger partial charge in [0, 0.05) is 11.1 Å². The predicted molar refractivity (Wildman–Crippen MR) is 102 cm³/mol. The lowest BCUT2D eigenvalue weighted by Gasteiger charge is -2.40. The predicted octanol–water partition coefficient (Wildman–Crippen LogP) is 4.95. The van der Waals surface area contributed by atoms with Gasteiger partial charge in [0.2, 0.25) is 0 Å². The molecule has 3 rings (SSSR count). The molecule has 2 aliphatic heterocycles. The molecule has 3 heteroatoms. The van der Waals surface area contributed by atoms with E-state index in [1.807, 2.05) is 6.07 Å². The molecule has 22 heavy (non-hydrogen) atoms. The van der Waals surface area contributed by atoms with E-state index in [9.17, 15) is 0 Å². The minimum atomic E-state index is 0.450. The summed E-state index contributed by atoms with van der Waals surface area (Å²) in [5.41, 5.74) is 3.00. The van der Waals surface area contributed by atoms with Crippen LogP contribution < -0.4 is 0 Å². The molecule has 1 nitrogen and oxygen atoms in total. The average molecular weight is 338 g/mol. The van der Waals surface area contributed by atoms with E-state index in [2.05, 4.69) is 29.8 Å². The van der Waals surface area contributed by atoms with Gasteiger partial charge in [0.1, 0.15) is 0 Å². The Bertz CT molecular complexity index is 524. The molecule has 122 valence electrons. The molecule has 2 heterocycles. The van der Waals surface area contributed by atoms with E-state index in [1.165, 1.54) is 61.4 Å². The molecule has 0 unspecified atom stereocenters. The third-order valence-corrected chi connectivity index (χ3v) is 7.32. The molecule has 2 fully saturated rings. The Morgan fingerprint density at radius 2 is 1.86 bits per heavy atom. The SMILES string of the molecule is C=S1CCC(N2CCC(c3cc(Cl)ccc3CC)CC2)CC1. The van der Waals surface area contributed by atoms with Gasteiger partial charge in [-0.25, -0.2) is 0 Å². The third-order valence-electron chi connectivity index (χ3n) is 5.45. The quantitative estimate of drug-likeness (QED) is 0.706. The molecule has 1 aromatic rings. The van der Waals surface area contributed by atoms with E-state index in [0.717, 1.165) is 17.5 Å². The highest BCUT2D eigenvalue weighted by atomic mass is 35.5. The van der Waals surface area contributed by atoms with Crippen molar-refractivity contribution in [1.29, 1.82) is 0 Å². The number of halogens is 1. The fourth-order valence-electron chi connectivity index (χ4n) is 4.06. The topological polar surface area (TPSA) is 3.24 Å². The molecule has 0 saturated carbocycles. The molecule has 0 N–H and O–H groups in total. The summed E-state index contributed by atoms with van der Waals surface area (Å²) in [5.74, 6) is 7.65. The lowest BCUT2D eigenvalue weighted by molar-refractivity contribution is 0.144. The maximum atomic E-state index is 6.24. The molecular weight excluding hydrogens is 310 g/mol. The highest BCUT2D eigenvalue weighted by molar-refractivity contribution is 8.14. The van der Waals surface area contributed by atoms with Crippen LogP contribution in [0.1, 0.15) is 49.7 Å². The van der Waals surface area contributed by atoms with Crippen LogP contribution in [0.2, 0.25) is 5.02 Å². The molecule has 0 aromatic heterocycles. The summed E-state index contributed by atoms with van der Waals surface area (Å²) in [4.78, 5) is 2.75. The van der Waals surface area contributed by atoms with Gasteiger partial charge in [-0.05, 0) is 85.9 Å². The summed E-state index contributed by atoms with van der Waals surface area (Å²) < 4.78 is 0. The minimum Gasteiger partial charge on any atom is -0.300 e. The maximum Gasteiger partial charge on any atom is 0.0409 e. The molecule has 2 aliphatic rings. The summed E-state index contributed by atoms with van der Waals surface area (Å²) in [7, 11) is 0.450. The van der Waals surface area contributed by atoms with Crippen molar-refractivity contribution in [2.24, 2.45) is 0 Å². The summed E-state index contributed by atoms with van der Waals surface area (Å²) in [6.45, 7) is 4.77. The minimum absolute atomic E-state index is 0.450. The lowest BCUT2D eigenvalue weighted by Crippen LogP contribution is -2.43. The molecule has 1 aromatic carbocycles. The molecule has 0 radical (unpaired) electrons. The zero-order valence-corrected chi connectivity index (χ0v) is 15.3. The number of nitrogens with zero attached hydrogens (tertiary/aromatic N) is 1. The smallest absolute Gasteiger partial charge is 0.0409 e. The molecular formula is C19H28ClNS. The first-order chi connectivity index (χ1) is 10.7. The number of aryl methyl sites for hydroxylation is 1. The van der Waals surface area contributed by atoms with Gasteiger partial charge in [-0.1, -0.05) is 30.5 Å². The largest absolute Gasteiger partial charge is 0.300 e. The third kappa shape index (κ3) is 3.77. The Labute approximate surface area is 143 Å². The highest BCUT2D eigenvalue weighted by Gasteiger charge is 2.28. The summed E-state index contributed by atoms with van der Waals surface area (Å²) in [6.07, 6.45) is 6.43. The van der Waals surface area contributed by atoms with Crippen LogP contribution in [0.25, 0.3) is 0 Å². The van der Waals surface area contributed by atoms with Gasteiger partial charge in [0.15, 0.2) is 0 Å². The van der Waals surface area contributed by atoms with Crippen molar-refractivity contribution in [2.75, 3.05) is 24.6 Å². The first kappa shape index (κ1) is 16.5. The molecule has 0 atom stereocenters. The molecule has 0 bridgehead atoms. The second kappa shape index (κ2) is 7.51. The Kier molecular flexibility index (Phi) is 5.64. The average Bonchev–Trinajstić information content (AvgIpc) is 2.56. The fourth-order valence-corrected chi connectivity index (χ4v) is 5.66. The van der Waals surface area contributed by atoms with Gasteiger partial charge in [0.25, 0.3) is 0 Å². The molecule has 0 amide bonds. The number of benzene rings is 1. The summed E-state index contributed by atoms with van der Waals surface area (Å²) in [6, 6.07) is 7.31. The first-order valence-corrected chi connectivity index (χ1v) is 10.8. The van der Waals surface area contributed by atoms with Crippen LogP contribution in [0.4, 0.5) is 0 Å². The molecule has 0 spiro atoms. The van der Waals surface area contributed by atoms with Crippen molar-refractivity contribution in [1.82, 2.24) is 4.90 Å². The number of likely N-dealkylation sites (tertiary alicyclic amines) is 1. The first-order valence-electron chi connectivity index (χ1n) is 8.67. The van der Waals surface area contributed by atoms with E-state index >= 15 is 0 Å². The zero-order chi connectivity index (χ0) is 15.5. The van der Waals surface area contributed by atoms with Gasteiger partial charge in [-0.15, -0.1) is 0 Å². The van der Waals surface area contributed by atoms with Crippen molar-refractivity contribution < 1.29 is 0 Å². The normalized spacial score (nSPS) is 27.9. The Balaban J connectivity index is 1.62. The van der Waals surface area contributed by atoms with Crippen LogP contribution >= 0.6 is 22.1 Å². The van der Waals surface area contributed by atoms with Crippen molar-refractivity contribution in [3.8, 4) is 0 Å². The van der Waals surface area contributed by atoms with Crippen molar-refractivity contribution in [2.45, 2.75) is 51.0 Å². The fraction of sp³-hybridized carbons (Fsp3) is 0.632. The Morgan fingerprint density at radius 1 is 1.18 bits per heavy atom. The van der Waals surface area contributed by atoms with Crippen LogP contribution in [-0.4, -0.2) is 41.4 Å². The summed E-state index contributed by atoms with van der Waals surface area (Å²) >= 11 is 6.24. The number of hydrogen-bond donors (Lipinski definition) is 0. The van der Waals surface area contributed by atoms with Crippen LogP contribution in [0.15, 0.2) is 18.2 Å². The number of hydrogen-bond acceptors (Lipinski definition) is 1. The van der Waals surface area contributed by atoms with Crippen LogP contribution in [0.5, 0.6) is 0 Å². The van der Waals surface area contributed by atoms with E-state index in [1.54, 1.807) is 0 Å². The van der Waals surface area contributed by atoms with Gasteiger partial charge < -0.3 is 4.90 Å². The number of piperidine rings is 1. The van der Waals surface area contributed by atoms with E-state index in [-0.39, 0.29) is 0 Å². The van der Waals surface area contributed by atoms with Gasteiger partial charge in [0.05, 0.1) is 0 Å². The van der Waals surface area contributed by atoms with Crippen molar-refractivity contribution in [3.05, 3.63) is 34.3 Å². The van der Waals surface area contributed by atoms with E-state index in [0.29, 0.717) is 16.4 Å². The van der Waals surface area contributed by atoms with Crippen LogP contribution in [0, 0.1) is 0 Å². The monoisotopic (exact) mass is 337 g/mol. The molecule has 0 aliphatic carbocycles. The summed E-state index contributed by atoms with van der Waals surface area (Å²) in [5, 5.41) is 0.893. The van der Waals surface area contributed by atoms with E-state index in [4.69, 9.17) is 11.6 Å². The Hall–Kier alpha value is -0.310. The second-order valence-electron chi connectivity index (χ2n) is 6.76. The second-order valence-corrected chi connectivity index (χ2v) is 9.24. The zero-order valence-electron chi connectivity index (χ0n) is 13.7. The Morgan fingerprint density at radius 3 is 2.50 bits per heavy atom. The lowest BCUT2D eigenvalue weighted by atomic mass is 9.85. The van der Waals surface area contributed by atoms with Crippen molar-refractivity contribution >= 4 is 28.0 Å². The van der Waals surface area contributed by atoms with E-state index < -0.39 is 0 Å². The number of rotatable bonds is 3. The van der Waals surface area contributed by atoms with Crippen LogP contribution in [0.3, 0.4) is 0 Å². The van der Waals surface area contributed by atoms with Gasteiger partial charge in [-0.2, -0.15) is 10.5 Å². The van der Waals surface area contributed by atoms with Gasteiger partial charge >= 0.3 is 0 Å².